The van der Waals surface area contributed by atoms with Gasteiger partial charge < -0.3 is 20.9 Å². The van der Waals surface area contributed by atoms with Gasteiger partial charge in [0.05, 0.1) is 11.5 Å². The number of carbonyl (C=O) groups excluding carboxylic acids is 1. The molecule has 2 aromatic rings. The number of benzene rings is 2. The topological polar surface area (TPSA) is 146 Å². The molecule has 0 aliphatic rings. The molecule has 0 aromatic heterocycles. The molecule has 0 aliphatic carbocycles. The first-order chi connectivity index (χ1) is 15.0. The molecule has 9 nitrogen and oxygen atoms in total. The lowest BCUT2D eigenvalue weighted by molar-refractivity contribution is -0.114. The summed E-state index contributed by atoms with van der Waals surface area (Å²) < 4.78 is 65.5. The van der Waals surface area contributed by atoms with Crippen molar-refractivity contribution in [3.8, 4) is 11.5 Å². The number of nitrogens with two attached hydrogens (primary N) is 2. The molecule has 0 radical (unpaired) electrons. The van der Waals surface area contributed by atoms with Gasteiger partial charge in [-0.3, -0.25) is 4.79 Å². The number of halogens is 2. The van der Waals surface area contributed by atoms with E-state index < -0.39 is 39.3 Å². The summed E-state index contributed by atoms with van der Waals surface area (Å²) in [5.41, 5.74) is 10.4. The van der Waals surface area contributed by atoms with Gasteiger partial charge in [0.15, 0.2) is 23.3 Å². The predicted molar refractivity (Wildman–Crippen MR) is 114 cm³/mol. The van der Waals surface area contributed by atoms with E-state index in [0.29, 0.717) is 0 Å². The van der Waals surface area contributed by atoms with Crippen LogP contribution in [0.1, 0.15) is 12.5 Å². The van der Waals surface area contributed by atoms with Crippen molar-refractivity contribution in [1.82, 2.24) is 4.72 Å². The van der Waals surface area contributed by atoms with Crippen molar-refractivity contribution >= 4 is 28.0 Å². The van der Waals surface area contributed by atoms with Gasteiger partial charge in [0, 0.05) is 19.2 Å². The summed E-state index contributed by atoms with van der Waals surface area (Å²) in [4.78, 5) is 15.0. The first-order valence-electron chi connectivity index (χ1n) is 9.11. The Morgan fingerprint density at radius 3 is 2.28 bits per heavy atom. The Bertz CT molecular complexity index is 1120. The molecule has 0 unspecified atom stereocenters. The zero-order valence-electron chi connectivity index (χ0n) is 17.3. The third-order valence-electron chi connectivity index (χ3n) is 3.92. The number of amides is 1. The van der Waals surface area contributed by atoms with E-state index in [4.69, 9.17) is 20.9 Å². The van der Waals surface area contributed by atoms with Gasteiger partial charge in [-0.15, -0.1) is 0 Å². The standard InChI is InChI=1S/C20H22F2N4O5S/c1-12(19(27)26-20(23)24)9-13-10-16(21)18(17(22)11-13)31-14-3-5-15(6-4-14)32(28,29)25-7-8-30-2/h3-6,9-11,25H,7-8H2,1-2H3,(H4,23,24,26,27)/b12-9+. The number of hydrogen-bond donors (Lipinski definition) is 3. The van der Waals surface area contributed by atoms with Crippen LogP contribution in [0, 0.1) is 11.6 Å². The van der Waals surface area contributed by atoms with Crippen molar-refractivity contribution in [3.05, 3.63) is 59.2 Å². The Labute approximate surface area is 183 Å². The maximum absolute atomic E-state index is 14.4. The second-order valence-electron chi connectivity index (χ2n) is 6.45. The first-order valence-corrected chi connectivity index (χ1v) is 10.6. The second kappa shape index (κ2) is 10.8. The Morgan fingerprint density at radius 2 is 1.75 bits per heavy atom. The van der Waals surface area contributed by atoms with Crippen LogP contribution in [0.2, 0.25) is 0 Å². The van der Waals surface area contributed by atoms with Gasteiger partial charge in [0.2, 0.25) is 10.0 Å². The maximum atomic E-state index is 14.4. The number of ether oxygens (including phenoxy) is 2. The van der Waals surface area contributed by atoms with Crippen molar-refractivity contribution < 1.29 is 31.5 Å². The van der Waals surface area contributed by atoms with Gasteiger partial charge in [0.25, 0.3) is 5.91 Å². The molecule has 0 atom stereocenters. The molecule has 0 fully saturated rings. The summed E-state index contributed by atoms with van der Waals surface area (Å²) in [6, 6.07) is 6.91. The van der Waals surface area contributed by atoms with E-state index in [2.05, 4.69) is 9.71 Å². The molecule has 2 rings (SSSR count). The van der Waals surface area contributed by atoms with Crippen LogP contribution in [0.15, 0.2) is 51.9 Å². The van der Waals surface area contributed by atoms with Crippen LogP contribution in [0.4, 0.5) is 8.78 Å². The number of hydrogen-bond acceptors (Lipinski definition) is 5. The van der Waals surface area contributed by atoms with Crippen LogP contribution in [-0.4, -0.2) is 40.5 Å². The summed E-state index contributed by atoms with van der Waals surface area (Å²) in [5.74, 6) is -3.93. The average molecular weight is 468 g/mol. The number of guanidine groups is 1. The van der Waals surface area contributed by atoms with Crippen molar-refractivity contribution in [2.24, 2.45) is 16.5 Å². The number of sulfonamides is 1. The molecular formula is C20H22F2N4O5S. The fourth-order valence-corrected chi connectivity index (χ4v) is 3.46. The first kappa shape index (κ1) is 24.9. The van der Waals surface area contributed by atoms with Crippen LogP contribution in [0.3, 0.4) is 0 Å². The minimum Gasteiger partial charge on any atom is -0.451 e. The molecule has 0 saturated heterocycles. The van der Waals surface area contributed by atoms with E-state index in [-0.39, 0.29) is 34.9 Å². The van der Waals surface area contributed by atoms with Crippen molar-refractivity contribution in [1.29, 1.82) is 0 Å². The molecule has 0 bridgehead atoms. The lowest BCUT2D eigenvalue weighted by atomic mass is 10.1. The number of methoxy groups -OCH3 is 1. The van der Waals surface area contributed by atoms with Gasteiger partial charge in [-0.2, -0.15) is 4.99 Å². The zero-order valence-corrected chi connectivity index (χ0v) is 18.1. The van der Waals surface area contributed by atoms with Crippen molar-refractivity contribution in [3.63, 3.8) is 0 Å². The van der Waals surface area contributed by atoms with Crippen LogP contribution < -0.4 is 20.9 Å². The average Bonchev–Trinajstić information content (AvgIpc) is 2.70. The molecule has 0 spiro atoms. The van der Waals surface area contributed by atoms with E-state index in [0.717, 1.165) is 12.1 Å². The van der Waals surface area contributed by atoms with Gasteiger partial charge in [-0.05, 0) is 55.0 Å². The van der Waals surface area contributed by atoms with Crippen LogP contribution in [-0.2, 0) is 19.6 Å². The summed E-state index contributed by atoms with van der Waals surface area (Å²) in [6.45, 7) is 1.67. The fraction of sp³-hybridized carbons (Fsp3) is 0.200. The number of rotatable bonds is 9. The molecule has 2 aromatic carbocycles. The Balaban J connectivity index is 2.20. The maximum Gasteiger partial charge on any atom is 0.275 e. The van der Waals surface area contributed by atoms with Crippen LogP contribution in [0.25, 0.3) is 6.08 Å². The molecular weight excluding hydrogens is 446 g/mol. The smallest absolute Gasteiger partial charge is 0.275 e. The Kier molecular flexibility index (Phi) is 8.41. The zero-order chi connectivity index (χ0) is 23.9. The van der Waals surface area contributed by atoms with E-state index in [1.807, 2.05) is 0 Å². The third-order valence-corrected chi connectivity index (χ3v) is 5.40. The number of nitrogens with zero attached hydrogens (tertiary/aromatic N) is 1. The van der Waals surface area contributed by atoms with Gasteiger partial charge in [0.1, 0.15) is 5.75 Å². The summed E-state index contributed by atoms with van der Waals surface area (Å²) in [6.07, 6.45) is 1.21. The molecule has 32 heavy (non-hydrogen) atoms. The van der Waals surface area contributed by atoms with Gasteiger partial charge in [-0.1, -0.05) is 0 Å². The second-order valence-corrected chi connectivity index (χ2v) is 8.21. The molecule has 0 aliphatic heterocycles. The molecule has 1 amide bonds. The normalized spacial score (nSPS) is 11.8. The quantitative estimate of drug-likeness (QED) is 0.220. The van der Waals surface area contributed by atoms with Crippen LogP contribution >= 0.6 is 0 Å². The third kappa shape index (κ3) is 6.83. The van der Waals surface area contributed by atoms with Gasteiger partial charge in [-0.25, -0.2) is 21.9 Å². The highest BCUT2D eigenvalue weighted by Crippen LogP contribution is 2.30. The molecule has 0 saturated carbocycles. The van der Waals surface area contributed by atoms with Crippen LogP contribution in [0.5, 0.6) is 11.5 Å². The predicted octanol–water partition coefficient (Wildman–Crippen LogP) is 1.89. The molecule has 0 heterocycles. The molecule has 12 heteroatoms. The summed E-state index contributed by atoms with van der Waals surface area (Å²) in [5, 5.41) is 0. The lowest BCUT2D eigenvalue weighted by Gasteiger charge is -2.10. The van der Waals surface area contributed by atoms with Crippen molar-refractivity contribution in [2.45, 2.75) is 11.8 Å². The van der Waals surface area contributed by atoms with E-state index in [1.165, 1.54) is 44.4 Å². The number of nitrogens with one attached hydrogen (secondary N) is 1. The Hall–Kier alpha value is -3.35. The highest BCUT2D eigenvalue weighted by Gasteiger charge is 2.16. The van der Waals surface area contributed by atoms with E-state index in [9.17, 15) is 22.0 Å². The number of aliphatic imine (C=N–C) groups is 1. The van der Waals surface area contributed by atoms with Gasteiger partial charge >= 0.3 is 0 Å². The lowest BCUT2D eigenvalue weighted by Crippen LogP contribution is -2.27. The largest absolute Gasteiger partial charge is 0.451 e. The Morgan fingerprint density at radius 1 is 1.16 bits per heavy atom. The summed E-state index contributed by atoms with van der Waals surface area (Å²) in [7, 11) is -2.32. The summed E-state index contributed by atoms with van der Waals surface area (Å²) >= 11 is 0. The molecule has 5 N–H and O–H groups in total. The monoisotopic (exact) mass is 468 g/mol. The SMILES string of the molecule is COCCNS(=O)(=O)c1ccc(Oc2c(F)cc(/C=C(\C)C(=O)N=C(N)N)cc2F)cc1. The van der Waals surface area contributed by atoms with Crippen molar-refractivity contribution in [2.75, 3.05) is 20.3 Å². The minimum absolute atomic E-state index is 0.0149. The molecule has 172 valence electrons. The fourth-order valence-electron chi connectivity index (χ4n) is 2.44. The minimum atomic E-state index is -3.76. The highest BCUT2D eigenvalue weighted by molar-refractivity contribution is 7.89. The number of carbonyl (C=O) groups is 1. The highest BCUT2D eigenvalue weighted by atomic mass is 32.2. The van der Waals surface area contributed by atoms with E-state index in [1.54, 1.807) is 0 Å². The van der Waals surface area contributed by atoms with E-state index >= 15 is 0 Å².